The predicted octanol–water partition coefficient (Wildman–Crippen LogP) is 0.548. The minimum Gasteiger partial charge on any atom is -0.349 e. The SMILES string of the molecule is [SiH3]CCOC(Cl)Cl. The Morgan fingerprint density at radius 1 is 1.57 bits per heavy atom. The first-order valence-electron chi connectivity index (χ1n) is 2.17. The van der Waals surface area contributed by atoms with Crippen LogP contribution in [0.4, 0.5) is 0 Å². The number of halogens is 2. The number of alkyl halides is 2. The van der Waals surface area contributed by atoms with Crippen molar-refractivity contribution in [3.8, 4) is 0 Å². The molecule has 1 nitrogen and oxygen atoms in total. The molecule has 0 fully saturated rings. The minimum absolute atomic E-state index is 0.631. The molecule has 0 radical (unpaired) electrons. The molecule has 4 heteroatoms. The summed E-state index contributed by atoms with van der Waals surface area (Å²) in [6.45, 7) is 0.698. The van der Waals surface area contributed by atoms with Gasteiger partial charge < -0.3 is 4.74 Å². The summed E-state index contributed by atoms with van der Waals surface area (Å²) in [5.74, 6) is 0. The molecule has 0 unspecified atom stereocenters. The lowest BCUT2D eigenvalue weighted by molar-refractivity contribution is 0.170. The third-order valence-electron chi connectivity index (χ3n) is 0.448. The van der Waals surface area contributed by atoms with E-state index in [9.17, 15) is 0 Å². The van der Waals surface area contributed by atoms with E-state index in [-0.39, 0.29) is 0 Å². The monoisotopic (exact) mass is 158 g/mol. The largest absolute Gasteiger partial charge is 0.349 e. The van der Waals surface area contributed by atoms with Crippen LogP contribution in [0.15, 0.2) is 0 Å². The van der Waals surface area contributed by atoms with E-state index in [0.717, 1.165) is 16.3 Å². The molecule has 0 aliphatic heterocycles. The second-order valence-corrected chi connectivity index (χ2v) is 3.15. The zero-order valence-electron chi connectivity index (χ0n) is 4.16. The van der Waals surface area contributed by atoms with Crippen molar-refractivity contribution in [1.82, 2.24) is 0 Å². The first-order valence-corrected chi connectivity index (χ1v) is 4.46. The molecule has 0 aliphatic rings. The van der Waals surface area contributed by atoms with Crippen molar-refractivity contribution < 1.29 is 4.74 Å². The van der Waals surface area contributed by atoms with Gasteiger partial charge in [0.15, 0.2) is 0 Å². The van der Waals surface area contributed by atoms with Gasteiger partial charge in [0, 0.05) is 16.8 Å². The van der Waals surface area contributed by atoms with Gasteiger partial charge in [0.25, 0.3) is 0 Å². The summed E-state index contributed by atoms with van der Waals surface area (Å²) >= 11 is 10.4. The van der Waals surface area contributed by atoms with Gasteiger partial charge in [-0.15, -0.1) is 0 Å². The molecule has 7 heavy (non-hydrogen) atoms. The summed E-state index contributed by atoms with van der Waals surface area (Å²) in [4.78, 5) is 0. The molecule has 0 saturated carbocycles. The van der Waals surface area contributed by atoms with Gasteiger partial charge in [-0.1, -0.05) is 23.2 Å². The lowest BCUT2D eigenvalue weighted by Crippen LogP contribution is -1.96. The van der Waals surface area contributed by atoms with Crippen molar-refractivity contribution in [3.63, 3.8) is 0 Å². The standard InChI is InChI=1S/C3H8Cl2OSi/c4-3(5)6-1-2-7/h3H,1-2H2,7H3. The van der Waals surface area contributed by atoms with Gasteiger partial charge in [0.2, 0.25) is 5.02 Å². The number of rotatable bonds is 3. The molecule has 0 heterocycles. The molecule has 0 saturated heterocycles. The third kappa shape index (κ3) is 6.76. The Labute approximate surface area is 56.4 Å². The fourth-order valence-corrected chi connectivity index (χ4v) is 0.621. The van der Waals surface area contributed by atoms with Crippen LogP contribution in [0, 0.1) is 0 Å². The van der Waals surface area contributed by atoms with Crippen LogP contribution in [0.2, 0.25) is 6.04 Å². The molecule has 0 aromatic rings. The number of hydrogen-bond donors (Lipinski definition) is 0. The van der Waals surface area contributed by atoms with Crippen LogP contribution in [0.5, 0.6) is 0 Å². The molecule has 0 atom stereocenters. The van der Waals surface area contributed by atoms with E-state index < -0.39 is 5.02 Å². The highest BCUT2D eigenvalue weighted by Gasteiger charge is 1.92. The molecule has 44 valence electrons. The molecule has 0 bridgehead atoms. The zero-order valence-corrected chi connectivity index (χ0v) is 7.67. The highest BCUT2D eigenvalue weighted by atomic mass is 35.5. The van der Waals surface area contributed by atoms with Gasteiger partial charge in [-0.25, -0.2) is 0 Å². The normalized spacial score (nSPS) is 10.7. The van der Waals surface area contributed by atoms with Crippen LogP contribution in [-0.4, -0.2) is 21.9 Å². The van der Waals surface area contributed by atoms with Gasteiger partial charge in [-0.3, -0.25) is 0 Å². The van der Waals surface area contributed by atoms with Crippen molar-refractivity contribution in [3.05, 3.63) is 0 Å². The molecule has 0 aromatic heterocycles. The van der Waals surface area contributed by atoms with Crippen LogP contribution in [-0.2, 0) is 4.74 Å². The quantitative estimate of drug-likeness (QED) is 0.431. The van der Waals surface area contributed by atoms with Gasteiger partial charge in [0.05, 0.1) is 0 Å². The van der Waals surface area contributed by atoms with Crippen molar-refractivity contribution in [2.45, 2.75) is 11.1 Å². The van der Waals surface area contributed by atoms with Crippen molar-refractivity contribution in [2.24, 2.45) is 0 Å². The van der Waals surface area contributed by atoms with E-state index in [1.807, 2.05) is 0 Å². The second-order valence-electron chi connectivity index (χ2n) is 1.13. The smallest absolute Gasteiger partial charge is 0.206 e. The summed E-state index contributed by atoms with van der Waals surface area (Å²) in [6, 6.07) is 1.09. The van der Waals surface area contributed by atoms with Gasteiger partial charge in [0.1, 0.15) is 0 Å². The Bertz CT molecular complexity index is 41.9. The summed E-state index contributed by atoms with van der Waals surface area (Å²) in [5.41, 5.74) is 0. The van der Waals surface area contributed by atoms with E-state index in [0.29, 0.717) is 6.61 Å². The topological polar surface area (TPSA) is 9.23 Å². The van der Waals surface area contributed by atoms with E-state index in [1.165, 1.54) is 0 Å². The lowest BCUT2D eigenvalue weighted by Gasteiger charge is -1.98. The first kappa shape index (κ1) is 7.76. The Hall–Kier alpha value is 0.757. The zero-order chi connectivity index (χ0) is 5.70. The fraction of sp³-hybridized carbons (Fsp3) is 1.00. The van der Waals surface area contributed by atoms with E-state index in [1.54, 1.807) is 0 Å². The maximum atomic E-state index is 5.22. The average molecular weight is 159 g/mol. The van der Waals surface area contributed by atoms with Gasteiger partial charge in [-0.2, -0.15) is 0 Å². The molecular weight excluding hydrogens is 151 g/mol. The molecular formula is C3H8Cl2OSi. The predicted molar refractivity (Wildman–Crippen MR) is 36.2 cm³/mol. The molecule has 0 aliphatic carbocycles. The molecule has 0 N–H and O–H groups in total. The van der Waals surface area contributed by atoms with Crippen molar-refractivity contribution >= 4 is 33.4 Å². The molecule has 0 aromatic carbocycles. The summed E-state index contributed by atoms with van der Waals surface area (Å²) in [7, 11) is 1.15. The summed E-state index contributed by atoms with van der Waals surface area (Å²) < 4.78 is 4.76. The Balaban J connectivity index is 2.68. The molecule has 0 spiro atoms. The van der Waals surface area contributed by atoms with Crippen molar-refractivity contribution in [1.29, 1.82) is 0 Å². The van der Waals surface area contributed by atoms with Gasteiger partial charge in [-0.05, 0) is 6.04 Å². The number of hydrogen-bond acceptors (Lipinski definition) is 1. The maximum Gasteiger partial charge on any atom is 0.206 e. The maximum absolute atomic E-state index is 5.22. The Morgan fingerprint density at radius 3 is 2.29 bits per heavy atom. The summed E-state index contributed by atoms with van der Waals surface area (Å²) in [6.07, 6.45) is 0. The molecule has 0 amide bonds. The van der Waals surface area contributed by atoms with E-state index in [4.69, 9.17) is 27.9 Å². The second kappa shape index (κ2) is 4.90. The highest BCUT2D eigenvalue weighted by Crippen LogP contribution is 2.02. The van der Waals surface area contributed by atoms with E-state index >= 15 is 0 Å². The van der Waals surface area contributed by atoms with Crippen LogP contribution in [0.1, 0.15) is 0 Å². The third-order valence-corrected chi connectivity index (χ3v) is 1.11. The Morgan fingerprint density at radius 2 is 2.14 bits per heavy atom. The van der Waals surface area contributed by atoms with Crippen molar-refractivity contribution in [2.75, 3.05) is 6.61 Å². The van der Waals surface area contributed by atoms with Crippen LogP contribution in [0.3, 0.4) is 0 Å². The van der Waals surface area contributed by atoms with Gasteiger partial charge >= 0.3 is 0 Å². The summed E-state index contributed by atoms with van der Waals surface area (Å²) in [5, 5.41) is -0.631. The first-order chi connectivity index (χ1) is 3.27. The Kier molecular flexibility index (Phi) is 5.44. The molecule has 0 rings (SSSR count). The van der Waals surface area contributed by atoms with Crippen LogP contribution >= 0.6 is 23.2 Å². The van der Waals surface area contributed by atoms with E-state index in [2.05, 4.69) is 0 Å². The van der Waals surface area contributed by atoms with Crippen LogP contribution < -0.4 is 0 Å². The lowest BCUT2D eigenvalue weighted by atomic mass is 10.9. The minimum atomic E-state index is -0.631. The fourth-order valence-electron chi connectivity index (χ4n) is 0.207. The van der Waals surface area contributed by atoms with Crippen LogP contribution in [0.25, 0.3) is 0 Å². The highest BCUT2D eigenvalue weighted by molar-refractivity contribution is 6.43. The average Bonchev–Trinajstić information content (AvgIpc) is 1.61. The number of ether oxygens (including phenoxy) is 1.